The fourth-order valence-electron chi connectivity index (χ4n) is 2.99. The molecule has 0 unspecified atom stereocenters. The molecule has 6 heteroatoms. The van der Waals surface area contributed by atoms with Gasteiger partial charge in [-0.25, -0.2) is 0 Å². The largest absolute Gasteiger partial charge is 0.493 e. The van der Waals surface area contributed by atoms with Crippen LogP contribution < -0.4 is 15.0 Å². The average Bonchev–Trinajstić information content (AvgIpc) is 2.80. The summed E-state index contributed by atoms with van der Waals surface area (Å²) in [6, 6.07) is 21.7. The number of ether oxygens (including phenoxy) is 1. The minimum absolute atomic E-state index is 0.123. The molecule has 0 fully saturated rings. The van der Waals surface area contributed by atoms with Crippen molar-refractivity contribution >= 4 is 39.1 Å². The molecule has 3 aromatic rings. The SMILES string of the molecule is CCCCOc1ccc(Br)cc1C(=O)Nc1ccc(C(=O)N(C)c2ccccc2)cc1. The summed E-state index contributed by atoms with van der Waals surface area (Å²) in [7, 11) is 1.74. The van der Waals surface area contributed by atoms with E-state index in [0.29, 0.717) is 29.2 Å². The van der Waals surface area contributed by atoms with Gasteiger partial charge in [0.1, 0.15) is 5.75 Å². The predicted octanol–water partition coefficient (Wildman–Crippen LogP) is 6.16. The average molecular weight is 481 g/mol. The number of carbonyl (C=O) groups excluding carboxylic acids is 2. The zero-order valence-corrected chi connectivity index (χ0v) is 19.2. The fraction of sp³-hybridized carbons (Fsp3) is 0.200. The molecular weight excluding hydrogens is 456 g/mol. The van der Waals surface area contributed by atoms with Gasteiger partial charge in [-0.15, -0.1) is 0 Å². The molecular formula is C25H25BrN2O3. The van der Waals surface area contributed by atoms with Crippen LogP contribution in [0.5, 0.6) is 5.75 Å². The van der Waals surface area contributed by atoms with Crippen LogP contribution in [0.25, 0.3) is 0 Å². The van der Waals surface area contributed by atoms with E-state index in [2.05, 4.69) is 28.2 Å². The van der Waals surface area contributed by atoms with E-state index >= 15 is 0 Å². The number of para-hydroxylation sites is 1. The van der Waals surface area contributed by atoms with Gasteiger partial charge >= 0.3 is 0 Å². The molecule has 0 aliphatic carbocycles. The summed E-state index contributed by atoms with van der Waals surface area (Å²) < 4.78 is 6.58. The van der Waals surface area contributed by atoms with Crippen molar-refractivity contribution in [2.24, 2.45) is 0 Å². The van der Waals surface area contributed by atoms with E-state index in [-0.39, 0.29) is 11.8 Å². The van der Waals surface area contributed by atoms with Crippen molar-refractivity contribution < 1.29 is 14.3 Å². The van der Waals surface area contributed by atoms with Crippen LogP contribution in [0.3, 0.4) is 0 Å². The smallest absolute Gasteiger partial charge is 0.259 e. The standard InChI is InChI=1S/C25H25BrN2O3/c1-3-4-16-31-23-15-12-19(26)17-22(23)24(29)27-20-13-10-18(11-14-20)25(30)28(2)21-8-6-5-7-9-21/h5-15,17H,3-4,16H2,1-2H3,(H,27,29). The maximum absolute atomic E-state index is 12.8. The van der Waals surface area contributed by atoms with Gasteiger partial charge in [0, 0.05) is 28.5 Å². The van der Waals surface area contributed by atoms with E-state index in [0.717, 1.165) is 23.0 Å². The van der Waals surface area contributed by atoms with Crippen molar-refractivity contribution in [3.63, 3.8) is 0 Å². The van der Waals surface area contributed by atoms with Crippen molar-refractivity contribution in [2.45, 2.75) is 19.8 Å². The number of hydrogen-bond donors (Lipinski definition) is 1. The van der Waals surface area contributed by atoms with Crippen LogP contribution in [-0.2, 0) is 0 Å². The summed E-state index contributed by atoms with van der Waals surface area (Å²) in [5.41, 5.74) is 2.41. The van der Waals surface area contributed by atoms with E-state index < -0.39 is 0 Å². The molecule has 1 N–H and O–H groups in total. The summed E-state index contributed by atoms with van der Waals surface area (Å²) in [5, 5.41) is 2.88. The first-order valence-electron chi connectivity index (χ1n) is 10.2. The number of benzene rings is 3. The second-order valence-corrected chi connectivity index (χ2v) is 7.99. The molecule has 0 saturated heterocycles. The first-order valence-corrected chi connectivity index (χ1v) is 11.0. The van der Waals surface area contributed by atoms with Gasteiger partial charge in [0.2, 0.25) is 0 Å². The first-order chi connectivity index (χ1) is 15.0. The summed E-state index contributed by atoms with van der Waals surface area (Å²) in [5.74, 6) is 0.154. The molecule has 5 nitrogen and oxygen atoms in total. The summed E-state index contributed by atoms with van der Waals surface area (Å²) in [6.07, 6.45) is 1.94. The Morgan fingerprint density at radius 1 is 1.00 bits per heavy atom. The van der Waals surface area contributed by atoms with Crippen LogP contribution in [0.4, 0.5) is 11.4 Å². The molecule has 0 atom stereocenters. The number of anilines is 2. The Labute approximate surface area is 191 Å². The Morgan fingerprint density at radius 3 is 2.39 bits per heavy atom. The molecule has 3 aromatic carbocycles. The van der Waals surface area contributed by atoms with E-state index in [1.807, 2.05) is 36.4 Å². The highest BCUT2D eigenvalue weighted by molar-refractivity contribution is 9.10. The topological polar surface area (TPSA) is 58.6 Å². The lowest BCUT2D eigenvalue weighted by atomic mass is 10.1. The van der Waals surface area contributed by atoms with Gasteiger partial charge < -0.3 is 15.0 Å². The molecule has 160 valence electrons. The highest BCUT2D eigenvalue weighted by Crippen LogP contribution is 2.25. The number of rotatable bonds is 8. The van der Waals surface area contributed by atoms with Crippen molar-refractivity contribution in [2.75, 3.05) is 23.9 Å². The van der Waals surface area contributed by atoms with Crippen LogP contribution in [0, 0.1) is 0 Å². The predicted molar refractivity (Wildman–Crippen MR) is 128 cm³/mol. The Balaban J connectivity index is 1.70. The van der Waals surface area contributed by atoms with E-state index in [1.165, 1.54) is 0 Å². The van der Waals surface area contributed by atoms with Gasteiger partial charge in [-0.1, -0.05) is 47.5 Å². The molecule has 0 saturated carbocycles. The maximum atomic E-state index is 12.8. The van der Waals surface area contributed by atoms with Crippen molar-refractivity contribution in [3.8, 4) is 5.75 Å². The van der Waals surface area contributed by atoms with Crippen LogP contribution in [0.1, 0.15) is 40.5 Å². The fourth-order valence-corrected chi connectivity index (χ4v) is 3.35. The van der Waals surface area contributed by atoms with Crippen LogP contribution in [-0.4, -0.2) is 25.5 Å². The Kier molecular flexibility index (Phi) is 7.84. The van der Waals surface area contributed by atoms with Gasteiger partial charge in [0.05, 0.1) is 12.2 Å². The highest BCUT2D eigenvalue weighted by atomic mass is 79.9. The van der Waals surface area contributed by atoms with Gasteiger partial charge in [0.25, 0.3) is 11.8 Å². The number of unbranched alkanes of at least 4 members (excludes halogenated alkanes) is 1. The number of halogens is 1. The minimum Gasteiger partial charge on any atom is -0.493 e. The molecule has 2 amide bonds. The van der Waals surface area contributed by atoms with Crippen LogP contribution >= 0.6 is 15.9 Å². The molecule has 3 rings (SSSR count). The molecule has 0 aliphatic heterocycles. The summed E-state index contributed by atoms with van der Waals surface area (Å²) in [4.78, 5) is 27.2. The molecule has 0 radical (unpaired) electrons. The van der Waals surface area contributed by atoms with Gasteiger partial charge in [-0.2, -0.15) is 0 Å². The summed E-state index contributed by atoms with van der Waals surface area (Å²) >= 11 is 3.41. The molecule has 31 heavy (non-hydrogen) atoms. The third-order valence-electron chi connectivity index (χ3n) is 4.78. The van der Waals surface area contributed by atoms with Crippen LogP contribution in [0.2, 0.25) is 0 Å². The number of carbonyl (C=O) groups is 2. The Morgan fingerprint density at radius 2 is 1.71 bits per heavy atom. The Hall–Kier alpha value is -3.12. The lowest BCUT2D eigenvalue weighted by molar-refractivity contribution is 0.0991. The van der Waals surface area contributed by atoms with Gasteiger partial charge in [-0.05, 0) is 61.0 Å². The molecule has 0 spiro atoms. The normalized spacial score (nSPS) is 10.4. The zero-order chi connectivity index (χ0) is 22.2. The molecule has 0 heterocycles. The quantitative estimate of drug-likeness (QED) is 0.392. The first kappa shape index (κ1) is 22.6. The minimum atomic E-state index is -0.270. The molecule has 0 aromatic heterocycles. The number of hydrogen-bond acceptors (Lipinski definition) is 3. The Bertz CT molecular complexity index is 1040. The van der Waals surface area contributed by atoms with E-state index in [1.54, 1.807) is 48.3 Å². The van der Waals surface area contributed by atoms with E-state index in [9.17, 15) is 9.59 Å². The third-order valence-corrected chi connectivity index (χ3v) is 5.27. The lowest BCUT2D eigenvalue weighted by Crippen LogP contribution is -2.26. The number of nitrogens with zero attached hydrogens (tertiary/aromatic N) is 1. The molecule has 0 aliphatic rings. The zero-order valence-electron chi connectivity index (χ0n) is 17.6. The van der Waals surface area contributed by atoms with Crippen molar-refractivity contribution in [3.05, 3.63) is 88.4 Å². The van der Waals surface area contributed by atoms with Gasteiger partial charge in [0.15, 0.2) is 0 Å². The lowest BCUT2D eigenvalue weighted by Gasteiger charge is -2.17. The second-order valence-electron chi connectivity index (χ2n) is 7.07. The summed E-state index contributed by atoms with van der Waals surface area (Å²) in [6.45, 7) is 2.65. The second kappa shape index (κ2) is 10.8. The highest BCUT2D eigenvalue weighted by Gasteiger charge is 2.16. The van der Waals surface area contributed by atoms with Crippen LogP contribution in [0.15, 0.2) is 77.3 Å². The van der Waals surface area contributed by atoms with E-state index in [4.69, 9.17) is 4.74 Å². The van der Waals surface area contributed by atoms with Crippen molar-refractivity contribution in [1.29, 1.82) is 0 Å². The number of nitrogens with one attached hydrogen (secondary N) is 1. The maximum Gasteiger partial charge on any atom is 0.259 e. The third kappa shape index (κ3) is 5.95. The monoisotopic (exact) mass is 480 g/mol. The van der Waals surface area contributed by atoms with Crippen molar-refractivity contribution in [1.82, 2.24) is 0 Å². The number of amides is 2. The molecule has 0 bridgehead atoms. The van der Waals surface area contributed by atoms with Gasteiger partial charge in [-0.3, -0.25) is 9.59 Å².